The van der Waals surface area contributed by atoms with Gasteiger partial charge in [-0.2, -0.15) is 0 Å². The number of rotatable bonds is 2. The van der Waals surface area contributed by atoms with E-state index in [1.54, 1.807) is 18.2 Å². The molecular weight excluding hydrogens is 418 g/mol. The minimum Gasteiger partial charge on any atom is -0.504 e. The van der Waals surface area contributed by atoms with Crippen LogP contribution in [-0.2, 0) is 0 Å². The topological polar surface area (TPSA) is 83.5 Å². The second-order valence-electron chi connectivity index (χ2n) is 6.10. The van der Waals surface area contributed by atoms with Crippen LogP contribution in [0.15, 0.2) is 22.7 Å². The normalized spacial score (nSPS) is 16.2. The van der Waals surface area contributed by atoms with E-state index in [2.05, 4.69) is 31.5 Å². The molecule has 2 aromatic heterocycles. The average molecular weight is 434 g/mol. The first-order chi connectivity index (χ1) is 12.4. The number of carbonyl (C=O) groups excluding carboxylic acids is 1. The number of ether oxygens (including phenoxy) is 1. The number of phenols is 1. The summed E-state index contributed by atoms with van der Waals surface area (Å²) in [6, 6.07) is 5.01. The van der Waals surface area contributed by atoms with Crippen LogP contribution in [0.3, 0.4) is 0 Å². The molecule has 26 heavy (non-hydrogen) atoms. The minimum absolute atomic E-state index is 0.0551. The van der Waals surface area contributed by atoms with Gasteiger partial charge in [0.05, 0.1) is 18.5 Å². The molecule has 1 aliphatic heterocycles. The van der Waals surface area contributed by atoms with Crippen molar-refractivity contribution in [1.82, 2.24) is 10.3 Å². The number of anilines is 1. The zero-order valence-electron chi connectivity index (χ0n) is 14.3. The standard InChI is InChI=1S/C18H16BrN3O3S/c1-7-12-14-15(26-18(12)20-8(2)13(7)19)17(24)22-16(21-14)9-4-5-10(23)11(6-9)25-3/h4-6,16,21,23H,1-3H3,(H,22,24). The van der Waals surface area contributed by atoms with Gasteiger partial charge in [0.25, 0.3) is 5.91 Å². The Morgan fingerprint density at radius 3 is 2.81 bits per heavy atom. The molecule has 8 heteroatoms. The molecule has 1 amide bonds. The Kier molecular flexibility index (Phi) is 4.04. The number of fused-ring (bicyclic) bond motifs is 3. The molecule has 0 spiro atoms. The van der Waals surface area contributed by atoms with Crippen molar-refractivity contribution in [3.05, 3.63) is 44.4 Å². The molecule has 0 aliphatic carbocycles. The lowest BCUT2D eigenvalue weighted by Crippen LogP contribution is -2.37. The van der Waals surface area contributed by atoms with Crippen molar-refractivity contribution in [2.24, 2.45) is 0 Å². The third-order valence-corrected chi connectivity index (χ3v) is 6.74. The van der Waals surface area contributed by atoms with Crippen molar-refractivity contribution >= 4 is 49.1 Å². The lowest BCUT2D eigenvalue weighted by atomic mass is 10.1. The van der Waals surface area contributed by atoms with Gasteiger partial charge in [-0.05, 0) is 53.0 Å². The molecule has 0 saturated heterocycles. The summed E-state index contributed by atoms with van der Waals surface area (Å²) in [5.74, 6) is 0.266. The van der Waals surface area contributed by atoms with Crippen LogP contribution in [0.4, 0.5) is 5.69 Å². The number of hydrogen-bond donors (Lipinski definition) is 3. The zero-order chi connectivity index (χ0) is 18.6. The second kappa shape index (κ2) is 6.14. The van der Waals surface area contributed by atoms with Gasteiger partial charge in [0.15, 0.2) is 11.5 Å². The molecule has 0 saturated carbocycles. The van der Waals surface area contributed by atoms with Crippen molar-refractivity contribution in [3.8, 4) is 11.5 Å². The molecule has 1 atom stereocenters. The van der Waals surface area contributed by atoms with Crippen molar-refractivity contribution in [2.75, 3.05) is 12.4 Å². The Balaban J connectivity index is 1.84. The van der Waals surface area contributed by atoms with Gasteiger partial charge in [-0.3, -0.25) is 4.79 Å². The van der Waals surface area contributed by atoms with Gasteiger partial charge < -0.3 is 20.5 Å². The fourth-order valence-electron chi connectivity index (χ4n) is 3.14. The highest BCUT2D eigenvalue weighted by molar-refractivity contribution is 9.10. The van der Waals surface area contributed by atoms with Crippen LogP contribution in [0.25, 0.3) is 10.2 Å². The average Bonchev–Trinajstić information content (AvgIpc) is 2.99. The Morgan fingerprint density at radius 1 is 1.31 bits per heavy atom. The molecule has 1 aliphatic rings. The number of aryl methyl sites for hydroxylation is 2. The van der Waals surface area contributed by atoms with Gasteiger partial charge in [0, 0.05) is 9.86 Å². The molecular formula is C18H16BrN3O3S. The number of methoxy groups -OCH3 is 1. The van der Waals surface area contributed by atoms with Crippen LogP contribution >= 0.6 is 27.3 Å². The molecule has 3 N–H and O–H groups in total. The quantitative estimate of drug-likeness (QED) is 0.562. The Bertz CT molecular complexity index is 1060. The molecule has 0 radical (unpaired) electrons. The van der Waals surface area contributed by atoms with Crippen molar-refractivity contribution in [1.29, 1.82) is 0 Å². The van der Waals surface area contributed by atoms with E-state index in [-0.39, 0.29) is 11.7 Å². The highest BCUT2D eigenvalue weighted by atomic mass is 79.9. The monoisotopic (exact) mass is 433 g/mol. The van der Waals surface area contributed by atoms with Gasteiger partial charge >= 0.3 is 0 Å². The number of phenolic OH excluding ortho intramolecular Hbond substituents is 1. The number of halogens is 1. The maximum absolute atomic E-state index is 12.7. The first-order valence-electron chi connectivity index (χ1n) is 7.94. The number of pyridine rings is 1. The zero-order valence-corrected chi connectivity index (χ0v) is 16.7. The van der Waals surface area contributed by atoms with E-state index in [9.17, 15) is 9.90 Å². The summed E-state index contributed by atoms with van der Waals surface area (Å²) in [6.07, 6.45) is -0.429. The second-order valence-corrected chi connectivity index (χ2v) is 7.90. The first-order valence-corrected chi connectivity index (χ1v) is 9.55. The number of nitrogens with zero attached hydrogens (tertiary/aromatic N) is 1. The van der Waals surface area contributed by atoms with Gasteiger partial charge in [-0.1, -0.05) is 6.07 Å². The number of benzene rings is 1. The predicted molar refractivity (Wildman–Crippen MR) is 105 cm³/mol. The molecule has 0 fully saturated rings. The third-order valence-electron chi connectivity index (χ3n) is 4.49. The smallest absolute Gasteiger partial charge is 0.265 e. The SMILES string of the molecule is COc1cc(C2NC(=O)c3sc4nc(C)c(Br)c(C)c4c3N2)ccc1O. The van der Waals surface area contributed by atoms with Crippen LogP contribution in [0.5, 0.6) is 11.5 Å². The molecule has 1 aromatic carbocycles. The Morgan fingerprint density at radius 2 is 2.08 bits per heavy atom. The van der Waals surface area contributed by atoms with E-state index < -0.39 is 6.17 Å². The van der Waals surface area contributed by atoms with Gasteiger partial charge in [-0.15, -0.1) is 11.3 Å². The Hall–Kier alpha value is -2.32. The predicted octanol–water partition coefficient (Wildman–Crippen LogP) is 4.24. The summed E-state index contributed by atoms with van der Waals surface area (Å²) in [5.41, 5.74) is 3.52. The maximum atomic E-state index is 12.7. The van der Waals surface area contributed by atoms with E-state index in [1.807, 2.05) is 13.8 Å². The fourth-order valence-corrected chi connectivity index (χ4v) is 4.58. The molecule has 3 aromatic rings. The van der Waals surface area contributed by atoms with Gasteiger partial charge in [0.2, 0.25) is 0 Å². The van der Waals surface area contributed by atoms with E-state index in [1.165, 1.54) is 18.4 Å². The van der Waals surface area contributed by atoms with Crippen LogP contribution < -0.4 is 15.4 Å². The van der Waals surface area contributed by atoms with Crippen LogP contribution in [0.1, 0.15) is 32.7 Å². The van der Waals surface area contributed by atoms with Crippen LogP contribution in [0.2, 0.25) is 0 Å². The maximum Gasteiger partial charge on any atom is 0.265 e. The Labute approximate surface area is 162 Å². The number of carbonyl (C=O) groups is 1. The van der Waals surface area contributed by atoms with E-state index in [4.69, 9.17) is 4.74 Å². The van der Waals surface area contributed by atoms with E-state index >= 15 is 0 Å². The summed E-state index contributed by atoms with van der Waals surface area (Å²) in [6.45, 7) is 3.95. The largest absolute Gasteiger partial charge is 0.504 e. The number of amides is 1. The lowest BCUT2D eigenvalue weighted by Gasteiger charge is -2.27. The van der Waals surface area contributed by atoms with Crippen molar-refractivity contribution < 1.29 is 14.6 Å². The van der Waals surface area contributed by atoms with E-state index in [0.717, 1.165) is 37.2 Å². The summed E-state index contributed by atoms with van der Waals surface area (Å²) in [5, 5.41) is 17.1. The number of thiophene rings is 1. The molecule has 1 unspecified atom stereocenters. The lowest BCUT2D eigenvalue weighted by molar-refractivity contribution is 0.0940. The molecule has 4 rings (SSSR count). The number of nitrogens with one attached hydrogen (secondary N) is 2. The number of hydrogen-bond acceptors (Lipinski definition) is 6. The number of aromatic nitrogens is 1. The summed E-state index contributed by atoms with van der Waals surface area (Å²) >= 11 is 4.97. The van der Waals surface area contributed by atoms with E-state index in [0.29, 0.717) is 10.6 Å². The molecule has 6 nitrogen and oxygen atoms in total. The van der Waals surface area contributed by atoms with Gasteiger partial charge in [0.1, 0.15) is 15.9 Å². The highest BCUT2D eigenvalue weighted by Crippen LogP contribution is 2.43. The van der Waals surface area contributed by atoms with Crippen LogP contribution in [-0.4, -0.2) is 23.1 Å². The molecule has 3 heterocycles. The third kappa shape index (κ3) is 2.52. The number of aromatic hydroxyl groups is 1. The summed E-state index contributed by atoms with van der Waals surface area (Å²) in [7, 11) is 1.49. The minimum atomic E-state index is -0.429. The highest BCUT2D eigenvalue weighted by Gasteiger charge is 2.30. The van der Waals surface area contributed by atoms with Crippen molar-refractivity contribution in [2.45, 2.75) is 20.0 Å². The molecule has 0 bridgehead atoms. The van der Waals surface area contributed by atoms with Crippen molar-refractivity contribution in [3.63, 3.8) is 0 Å². The first kappa shape index (κ1) is 17.1. The fraction of sp³-hybridized carbons (Fsp3) is 0.222. The van der Waals surface area contributed by atoms with Gasteiger partial charge in [-0.25, -0.2) is 4.98 Å². The summed E-state index contributed by atoms with van der Waals surface area (Å²) < 4.78 is 6.12. The van der Waals surface area contributed by atoms with Crippen LogP contribution in [0, 0.1) is 13.8 Å². The molecule has 134 valence electrons. The summed E-state index contributed by atoms with van der Waals surface area (Å²) in [4.78, 5) is 18.7.